The maximum Gasteiger partial charge on any atom is 0.321 e. The Morgan fingerprint density at radius 2 is 1.56 bits per heavy atom. The van der Waals surface area contributed by atoms with Crippen LogP contribution in [-0.4, -0.2) is 9.97 Å². The fourth-order valence-corrected chi connectivity index (χ4v) is 1.32. The van der Waals surface area contributed by atoms with E-state index in [1.54, 1.807) is 12.4 Å². The van der Waals surface area contributed by atoms with Gasteiger partial charge in [-0.15, -0.1) is 0 Å². The van der Waals surface area contributed by atoms with Crippen molar-refractivity contribution in [1.82, 2.24) is 9.97 Å². The highest BCUT2D eigenvalue weighted by Crippen LogP contribution is 2.20. The Morgan fingerprint density at radius 3 is 2.12 bits per heavy atom. The van der Waals surface area contributed by atoms with Crippen molar-refractivity contribution in [3.8, 4) is 11.8 Å². The Labute approximate surface area is 104 Å². The zero-order chi connectivity index (χ0) is 11.5. The smallest absolute Gasteiger partial charge is 0.321 e. The molecule has 0 aliphatic carbocycles. The van der Waals surface area contributed by atoms with Crippen LogP contribution < -0.4 is 4.74 Å². The molecule has 1 aromatic heterocycles. The fourth-order valence-electron chi connectivity index (χ4n) is 1.05. The van der Waals surface area contributed by atoms with Gasteiger partial charge >= 0.3 is 6.01 Å². The zero-order valence-electron chi connectivity index (χ0n) is 7.82. The lowest BCUT2D eigenvalue weighted by Gasteiger charge is -2.03. The van der Waals surface area contributed by atoms with Gasteiger partial charge in [0.15, 0.2) is 0 Å². The number of rotatable bonds is 2. The van der Waals surface area contributed by atoms with E-state index >= 15 is 0 Å². The molecular formula is C10H5F2IN2O. The Hall–Kier alpha value is -1.31. The molecule has 0 N–H and O–H groups in total. The molecule has 2 aromatic rings. The maximum atomic E-state index is 12.8. The van der Waals surface area contributed by atoms with Gasteiger partial charge in [0, 0.05) is 34.2 Å². The summed E-state index contributed by atoms with van der Waals surface area (Å²) in [6.07, 6.45) is 3.08. The number of hydrogen-bond donors (Lipinski definition) is 0. The van der Waals surface area contributed by atoms with Gasteiger partial charge in [-0.2, -0.15) is 0 Å². The van der Waals surface area contributed by atoms with Crippen molar-refractivity contribution in [2.24, 2.45) is 0 Å². The predicted molar refractivity (Wildman–Crippen MR) is 61.2 cm³/mol. The van der Waals surface area contributed by atoms with Crippen molar-refractivity contribution >= 4 is 22.6 Å². The summed E-state index contributed by atoms with van der Waals surface area (Å²) in [5.41, 5.74) is 0. The van der Waals surface area contributed by atoms with Crippen LogP contribution >= 0.6 is 22.6 Å². The first kappa shape index (κ1) is 11.2. The van der Waals surface area contributed by atoms with Crippen LogP contribution in [0.25, 0.3) is 0 Å². The van der Waals surface area contributed by atoms with E-state index in [-0.39, 0.29) is 11.8 Å². The summed E-state index contributed by atoms with van der Waals surface area (Å²) >= 11 is 2.04. The Kier molecular flexibility index (Phi) is 3.28. The Bertz CT molecular complexity index is 484. The second-order valence-electron chi connectivity index (χ2n) is 2.89. The molecule has 0 fully saturated rings. The van der Waals surface area contributed by atoms with Gasteiger partial charge in [0.05, 0.1) is 0 Å². The number of aromatic nitrogens is 2. The minimum Gasteiger partial charge on any atom is -0.424 e. The summed E-state index contributed by atoms with van der Waals surface area (Å²) < 4.78 is 31.6. The third kappa shape index (κ3) is 2.84. The average Bonchev–Trinajstić information content (AvgIpc) is 2.20. The summed E-state index contributed by atoms with van der Waals surface area (Å²) in [5.74, 6) is -1.39. The largest absolute Gasteiger partial charge is 0.424 e. The first-order valence-corrected chi connectivity index (χ1v) is 5.33. The van der Waals surface area contributed by atoms with Gasteiger partial charge in [0.1, 0.15) is 17.4 Å². The monoisotopic (exact) mass is 334 g/mol. The molecule has 0 aliphatic rings. The first-order valence-electron chi connectivity index (χ1n) is 4.25. The third-order valence-electron chi connectivity index (χ3n) is 1.64. The van der Waals surface area contributed by atoms with Gasteiger partial charge in [-0.25, -0.2) is 18.7 Å². The molecule has 3 nitrogen and oxygen atoms in total. The van der Waals surface area contributed by atoms with Gasteiger partial charge in [0.2, 0.25) is 0 Å². The van der Waals surface area contributed by atoms with E-state index in [1.807, 2.05) is 22.6 Å². The topological polar surface area (TPSA) is 35.0 Å². The van der Waals surface area contributed by atoms with Gasteiger partial charge in [-0.05, 0) is 22.6 Å². The molecule has 1 aromatic carbocycles. The number of halogens is 3. The van der Waals surface area contributed by atoms with Crippen molar-refractivity contribution in [2.75, 3.05) is 0 Å². The molecule has 0 bridgehead atoms. The zero-order valence-corrected chi connectivity index (χ0v) is 9.98. The van der Waals surface area contributed by atoms with E-state index in [1.165, 1.54) is 0 Å². The van der Waals surface area contributed by atoms with Gasteiger partial charge in [0.25, 0.3) is 0 Å². The summed E-state index contributed by atoms with van der Waals surface area (Å²) in [6.45, 7) is 0. The summed E-state index contributed by atoms with van der Waals surface area (Å²) in [7, 11) is 0. The second-order valence-corrected chi connectivity index (χ2v) is 4.14. The van der Waals surface area contributed by atoms with Gasteiger partial charge < -0.3 is 4.74 Å². The van der Waals surface area contributed by atoms with Crippen LogP contribution in [0, 0.1) is 15.2 Å². The predicted octanol–water partition coefficient (Wildman–Crippen LogP) is 3.15. The molecule has 6 heteroatoms. The lowest BCUT2D eigenvalue weighted by Crippen LogP contribution is -1.93. The van der Waals surface area contributed by atoms with Crippen LogP contribution in [0.2, 0.25) is 0 Å². The van der Waals surface area contributed by atoms with Crippen LogP contribution in [0.1, 0.15) is 0 Å². The molecule has 0 amide bonds. The van der Waals surface area contributed by atoms with Crippen LogP contribution in [0.3, 0.4) is 0 Å². The van der Waals surface area contributed by atoms with E-state index in [9.17, 15) is 8.78 Å². The van der Waals surface area contributed by atoms with E-state index in [2.05, 4.69) is 9.97 Å². The highest BCUT2D eigenvalue weighted by molar-refractivity contribution is 14.1. The van der Waals surface area contributed by atoms with Crippen molar-refractivity contribution in [3.63, 3.8) is 0 Å². The molecule has 0 aliphatic heterocycles. The molecule has 16 heavy (non-hydrogen) atoms. The van der Waals surface area contributed by atoms with Crippen molar-refractivity contribution in [1.29, 1.82) is 0 Å². The van der Waals surface area contributed by atoms with Gasteiger partial charge in [-0.3, -0.25) is 0 Å². The fraction of sp³-hybridized carbons (Fsp3) is 0. The lowest BCUT2D eigenvalue weighted by molar-refractivity contribution is 0.432. The van der Waals surface area contributed by atoms with Crippen LogP contribution in [-0.2, 0) is 0 Å². The number of ether oxygens (including phenoxy) is 1. The van der Waals surface area contributed by atoms with Gasteiger partial charge in [-0.1, -0.05) is 0 Å². The molecule has 82 valence electrons. The highest BCUT2D eigenvalue weighted by Gasteiger charge is 2.04. The quantitative estimate of drug-likeness (QED) is 0.792. The number of nitrogens with zero attached hydrogens (tertiary/aromatic N) is 2. The van der Waals surface area contributed by atoms with E-state index in [0.29, 0.717) is 0 Å². The summed E-state index contributed by atoms with van der Waals surface area (Å²) in [4.78, 5) is 7.69. The Morgan fingerprint density at radius 1 is 1.00 bits per heavy atom. The molecular weight excluding hydrogens is 329 g/mol. The van der Waals surface area contributed by atoms with Crippen LogP contribution in [0.15, 0.2) is 30.6 Å². The van der Waals surface area contributed by atoms with Crippen molar-refractivity contribution < 1.29 is 13.5 Å². The maximum absolute atomic E-state index is 12.8. The van der Waals surface area contributed by atoms with E-state index < -0.39 is 11.6 Å². The number of hydrogen-bond acceptors (Lipinski definition) is 3. The van der Waals surface area contributed by atoms with E-state index in [4.69, 9.17) is 4.74 Å². The molecule has 0 saturated heterocycles. The van der Waals surface area contributed by atoms with E-state index in [0.717, 1.165) is 21.8 Å². The molecule has 0 saturated carbocycles. The summed E-state index contributed by atoms with van der Waals surface area (Å²) in [6, 6.07) is 2.93. The van der Waals surface area contributed by atoms with Crippen molar-refractivity contribution in [2.45, 2.75) is 0 Å². The standard InChI is InChI=1S/C10H5F2IN2O/c11-6-1-7(12)3-9(2-6)16-10-14-4-8(13)5-15-10/h1-5H. The lowest BCUT2D eigenvalue weighted by atomic mass is 10.3. The molecule has 0 unspecified atom stereocenters. The number of benzene rings is 1. The summed E-state index contributed by atoms with van der Waals surface area (Å²) in [5, 5.41) is 0. The third-order valence-corrected chi connectivity index (χ3v) is 2.20. The second kappa shape index (κ2) is 4.69. The van der Waals surface area contributed by atoms with Crippen molar-refractivity contribution in [3.05, 3.63) is 45.8 Å². The molecule has 0 atom stereocenters. The first-order chi connectivity index (χ1) is 7.63. The van der Waals surface area contributed by atoms with Crippen LogP contribution in [0.5, 0.6) is 11.8 Å². The SMILES string of the molecule is Fc1cc(F)cc(Oc2ncc(I)cn2)c1. The molecule has 0 spiro atoms. The molecule has 1 heterocycles. The molecule has 0 radical (unpaired) electrons. The highest BCUT2D eigenvalue weighted by atomic mass is 127. The molecule has 2 rings (SSSR count). The minimum atomic E-state index is -0.708. The minimum absolute atomic E-state index is 0.0266. The Balaban J connectivity index is 2.23. The average molecular weight is 334 g/mol. The normalized spacial score (nSPS) is 10.2. The van der Waals surface area contributed by atoms with Crippen LogP contribution in [0.4, 0.5) is 8.78 Å².